The molecule has 0 aliphatic heterocycles. The molecular formula is C14H21N3O3. The third kappa shape index (κ3) is 4.97. The summed E-state index contributed by atoms with van der Waals surface area (Å²) in [7, 11) is 0. The average Bonchev–Trinajstić information content (AvgIpc) is 2.38. The quantitative estimate of drug-likeness (QED) is 0.589. The van der Waals surface area contributed by atoms with Crippen molar-refractivity contribution in [3.05, 3.63) is 39.9 Å². The molecule has 0 bridgehead atoms. The fourth-order valence-corrected chi connectivity index (χ4v) is 1.62. The van der Waals surface area contributed by atoms with Crippen LogP contribution in [0.1, 0.15) is 26.3 Å². The van der Waals surface area contributed by atoms with Crippen molar-refractivity contribution >= 4 is 11.6 Å². The Labute approximate surface area is 118 Å². The minimum atomic E-state index is -0.419. The Bertz CT molecular complexity index is 474. The minimum Gasteiger partial charge on any atom is -0.352 e. The molecule has 1 rings (SSSR count). The summed E-state index contributed by atoms with van der Waals surface area (Å²) in [5.41, 5.74) is 0.637. The highest BCUT2D eigenvalue weighted by Crippen LogP contribution is 2.16. The first kappa shape index (κ1) is 16.1. The zero-order chi connectivity index (χ0) is 15.1. The van der Waals surface area contributed by atoms with E-state index in [-0.39, 0.29) is 24.2 Å². The van der Waals surface area contributed by atoms with Gasteiger partial charge >= 0.3 is 0 Å². The first-order chi connectivity index (χ1) is 9.41. The van der Waals surface area contributed by atoms with Crippen molar-refractivity contribution < 1.29 is 9.72 Å². The lowest BCUT2D eigenvalue weighted by Gasteiger charge is -2.17. The zero-order valence-electron chi connectivity index (χ0n) is 12.1. The van der Waals surface area contributed by atoms with Gasteiger partial charge in [-0.15, -0.1) is 0 Å². The highest BCUT2D eigenvalue weighted by Gasteiger charge is 2.13. The van der Waals surface area contributed by atoms with Crippen molar-refractivity contribution in [3.8, 4) is 0 Å². The number of hydrogen-bond donors (Lipinski definition) is 2. The molecule has 1 atom stereocenters. The van der Waals surface area contributed by atoms with Crippen LogP contribution in [0.4, 0.5) is 5.69 Å². The van der Waals surface area contributed by atoms with Crippen molar-refractivity contribution in [1.82, 2.24) is 10.6 Å². The van der Waals surface area contributed by atoms with Gasteiger partial charge in [0.1, 0.15) is 0 Å². The molecule has 20 heavy (non-hydrogen) atoms. The van der Waals surface area contributed by atoms with Gasteiger partial charge in [0.15, 0.2) is 0 Å². The van der Waals surface area contributed by atoms with Crippen LogP contribution < -0.4 is 10.6 Å². The van der Waals surface area contributed by atoms with Crippen LogP contribution in [0, 0.1) is 16.0 Å². The number of nitro groups is 1. The second-order valence-corrected chi connectivity index (χ2v) is 5.09. The molecule has 0 fully saturated rings. The van der Waals surface area contributed by atoms with Gasteiger partial charge < -0.3 is 10.6 Å². The lowest BCUT2D eigenvalue weighted by Crippen LogP contribution is -2.41. The van der Waals surface area contributed by atoms with Crippen LogP contribution in [-0.4, -0.2) is 23.4 Å². The normalized spacial score (nSPS) is 12.2. The summed E-state index contributed by atoms with van der Waals surface area (Å²) in [6.07, 6.45) is 0. The van der Waals surface area contributed by atoms with Gasteiger partial charge in [-0.2, -0.15) is 0 Å². The summed E-state index contributed by atoms with van der Waals surface area (Å²) >= 11 is 0. The Morgan fingerprint density at radius 2 is 1.95 bits per heavy atom. The van der Waals surface area contributed by atoms with Crippen LogP contribution in [0.2, 0.25) is 0 Å². The van der Waals surface area contributed by atoms with E-state index in [0.717, 1.165) is 0 Å². The van der Waals surface area contributed by atoms with Crippen LogP contribution in [-0.2, 0) is 11.3 Å². The number of para-hydroxylation sites is 1. The third-order valence-corrected chi connectivity index (χ3v) is 3.18. The average molecular weight is 279 g/mol. The molecule has 0 aliphatic carbocycles. The zero-order valence-corrected chi connectivity index (χ0v) is 12.1. The Balaban J connectivity index is 2.45. The maximum absolute atomic E-state index is 11.7. The largest absolute Gasteiger partial charge is 0.352 e. The van der Waals surface area contributed by atoms with E-state index in [1.54, 1.807) is 18.2 Å². The number of hydrogen-bond acceptors (Lipinski definition) is 4. The van der Waals surface area contributed by atoms with E-state index in [1.165, 1.54) is 6.07 Å². The van der Waals surface area contributed by atoms with Gasteiger partial charge in [0.25, 0.3) is 5.69 Å². The van der Waals surface area contributed by atoms with E-state index < -0.39 is 4.92 Å². The summed E-state index contributed by atoms with van der Waals surface area (Å²) in [6, 6.07) is 6.61. The monoisotopic (exact) mass is 279 g/mol. The molecule has 6 heteroatoms. The van der Waals surface area contributed by atoms with Crippen molar-refractivity contribution in [1.29, 1.82) is 0 Å². The summed E-state index contributed by atoms with van der Waals surface area (Å²) in [6.45, 7) is 6.45. The van der Waals surface area contributed by atoms with E-state index in [2.05, 4.69) is 10.6 Å². The molecule has 0 spiro atoms. The maximum atomic E-state index is 11.7. The molecule has 0 radical (unpaired) electrons. The number of amides is 1. The number of nitrogens with zero attached hydrogens (tertiary/aromatic N) is 1. The summed E-state index contributed by atoms with van der Waals surface area (Å²) in [5.74, 6) is 0.263. The fraction of sp³-hybridized carbons (Fsp3) is 0.500. The lowest BCUT2D eigenvalue weighted by atomic mass is 10.1. The first-order valence-electron chi connectivity index (χ1n) is 6.64. The molecule has 1 unspecified atom stereocenters. The first-order valence-corrected chi connectivity index (χ1v) is 6.64. The lowest BCUT2D eigenvalue weighted by molar-refractivity contribution is -0.385. The Morgan fingerprint density at radius 3 is 2.55 bits per heavy atom. The van der Waals surface area contributed by atoms with Gasteiger partial charge in [0.05, 0.1) is 11.5 Å². The van der Waals surface area contributed by atoms with E-state index in [1.807, 2.05) is 20.8 Å². The van der Waals surface area contributed by atoms with Crippen molar-refractivity contribution in [2.75, 3.05) is 6.54 Å². The van der Waals surface area contributed by atoms with Gasteiger partial charge in [0, 0.05) is 24.2 Å². The number of nitro benzene ring substituents is 1. The molecule has 6 nitrogen and oxygen atoms in total. The summed E-state index contributed by atoms with van der Waals surface area (Å²) in [5, 5.41) is 16.6. The molecule has 0 saturated carbocycles. The number of carbonyl (C=O) groups excluding carboxylic acids is 1. The van der Waals surface area contributed by atoms with Crippen LogP contribution in [0.25, 0.3) is 0 Å². The fourth-order valence-electron chi connectivity index (χ4n) is 1.62. The second-order valence-electron chi connectivity index (χ2n) is 5.09. The number of benzene rings is 1. The maximum Gasteiger partial charge on any atom is 0.273 e. The summed E-state index contributed by atoms with van der Waals surface area (Å²) < 4.78 is 0. The topological polar surface area (TPSA) is 84.3 Å². The minimum absolute atomic E-state index is 0.0657. The predicted octanol–water partition coefficient (Wildman–Crippen LogP) is 1.85. The van der Waals surface area contributed by atoms with E-state index in [0.29, 0.717) is 18.0 Å². The molecule has 0 aromatic heterocycles. The van der Waals surface area contributed by atoms with Gasteiger partial charge in [-0.3, -0.25) is 14.9 Å². The molecule has 1 amide bonds. The van der Waals surface area contributed by atoms with Crippen LogP contribution in [0.3, 0.4) is 0 Å². The van der Waals surface area contributed by atoms with Gasteiger partial charge in [0.2, 0.25) is 5.91 Å². The van der Waals surface area contributed by atoms with Crippen molar-refractivity contribution in [2.45, 2.75) is 33.4 Å². The van der Waals surface area contributed by atoms with Crippen molar-refractivity contribution in [2.24, 2.45) is 5.92 Å². The van der Waals surface area contributed by atoms with Crippen LogP contribution in [0.5, 0.6) is 0 Å². The van der Waals surface area contributed by atoms with Crippen LogP contribution >= 0.6 is 0 Å². The SMILES string of the molecule is CC(C)C(C)NC(=O)CNCc1ccccc1[N+](=O)[O-]. The van der Waals surface area contributed by atoms with Crippen LogP contribution in [0.15, 0.2) is 24.3 Å². The second kappa shape index (κ2) is 7.59. The van der Waals surface area contributed by atoms with Gasteiger partial charge in [-0.25, -0.2) is 0 Å². The molecule has 0 saturated heterocycles. The molecule has 1 aromatic carbocycles. The molecule has 110 valence electrons. The van der Waals surface area contributed by atoms with Crippen molar-refractivity contribution in [3.63, 3.8) is 0 Å². The standard InChI is InChI=1S/C14H21N3O3/c1-10(2)11(3)16-14(18)9-15-8-12-6-4-5-7-13(12)17(19)20/h4-7,10-11,15H,8-9H2,1-3H3,(H,16,18). The highest BCUT2D eigenvalue weighted by molar-refractivity contribution is 5.78. The Kier molecular flexibility index (Phi) is 6.11. The van der Waals surface area contributed by atoms with E-state index in [9.17, 15) is 14.9 Å². The smallest absolute Gasteiger partial charge is 0.273 e. The molecule has 2 N–H and O–H groups in total. The van der Waals surface area contributed by atoms with E-state index in [4.69, 9.17) is 0 Å². The molecule has 0 heterocycles. The Hall–Kier alpha value is -1.95. The number of nitrogens with one attached hydrogen (secondary N) is 2. The van der Waals surface area contributed by atoms with E-state index >= 15 is 0 Å². The summed E-state index contributed by atoms with van der Waals surface area (Å²) in [4.78, 5) is 22.1. The molecular weight excluding hydrogens is 258 g/mol. The molecule has 0 aliphatic rings. The highest BCUT2D eigenvalue weighted by atomic mass is 16.6. The van der Waals surface area contributed by atoms with Gasteiger partial charge in [-0.05, 0) is 12.8 Å². The number of carbonyl (C=O) groups is 1. The third-order valence-electron chi connectivity index (χ3n) is 3.18. The predicted molar refractivity (Wildman–Crippen MR) is 77.2 cm³/mol. The Morgan fingerprint density at radius 1 is 1.30 bits per heavy atom. The van der Waals surface area contributed by atoms with Gasteiger partial charge in [-0.1, -0.05) is 32.0 Å². The molecule has 1 aromatic rings. The number of rotatable bonds is 7.